The quantitative estimate of drug-likeness (QED) is 0.855. The maximum atomic E-state index is 13.4. The number of carbonyl (C=O) groups is 1. The van der Waals surface area contributed by atoms with Gasteiger partial charge in [-0.2, -0.15) is 0 Å². The van der Waals surface area contributed by atoms with E-state index in [0.29, 0.717) is 36.7 Å². The first-order valence-electron chi connectivity index (χ1n) is 8.49. The summed E-state index contributed by atoms with van der Waals surface area (Å²) in [4.78, 5) is 14.2. The van der Waals surface area contributed by atoms with E-state index in [1.165, 1.54) is 6.07 Å². The smallest absolute Gasteiger partial charge is 0.323 e. The zero-order chi connectivity index (χ0) is 18.8. The Morgan fingerprint density at radius 2 is 2.12 bits per heavy atom. The molecular formula is C19H21F2N3O2. The Labute approximate surface area is 150 Å². The molecule has 1 N–H and O–H groups in total. The molecule has 1 unspecified atom stereocenters. The minimum Gasteiger partial charge on any atom is -0.359 e. The third-order valence-electron chi connectivity index (χ3n) is 4.76. The Balaban J connectivity index is 1.66. The van der Waals surface area contributed by atoms with E-state index in [1.807, 2.05) is 19.9 Å². The zero-order valence-corrected chi connectivity index (χ0v) is 15.0. The number of urea groups is 1. The molecule has 1 aromatic carbocycles. The molecule has 5 nitrogen and oxygen atoms in total. The van der Waals surface area contributed by atoms with Gasteiger partial charge in [0.2, 0.25) is 0 Å². The molecule has 2 heterocycles. The lowest BCUT2D eigenvalue weighted by atomic mass is 9.91. The van der Waals surface area contributed by atoms with Crippen molar-refractivity contribution in [3.05, 3.63) is 52.3 Å². The van der Waals surface area contributed by atoms with E-state index in [9.17, 15) is 13.6 Å². The lowest BCUT2D eigenvalue weighted by Gasteiger charge is -2.33. The minimum absolute atomic E-state index is 0.114. The van der Waals surface area contributed by atoms with Crippen molar-refractivity contribution in [2.75, 3.05) is 18.4 Å². The molecule has 2 amide bonds. The van der Waals surface area contributed by atoms with Gasteiger partial charge < -0.3 is 9.42 Å². The molecular weight excluding hydrogens is 340 g/mol. The maximum absolute atomic E-state index is 13.4. The molecule has 3 rings (SSSR count). The number of anilines is 1. The van der Waals surface area contributed by atoms with Crippen molar-refractivity contribution in [3.63, 3.8) is 0 Å². The highest BCUT2D eigenvalue weighted by atomic mass is 19.2. The average Bonchev–Trinajstić information content (AvgIpc) is 2.92. The molecule has 0 saturated carbocycles. The summed E-state index contributed by atoms with van der Waals surface area (Å²) in [6, 6.07) is 3.63. The Hall–Kier alpha value is -2.70. The van der Waals surface area contributed by atoms with Crippen molar-refractivity contribution < 1.29 is 18.1 Å². The summed E-state index contributed by atoms with van der Waals surface area (Å²) in [5, 5.41) is 6.62. The third-order valence-corrected chi connectivity index (χ3v) is 4.76. The molecule has 1 aliphatic heterocycles. The molecule has 0 spiro atoms. The van der Waals surface area contributed by atoms with Crippen LogP contribution in [0.1, 0.15) is 30.2 Å². The van der Waals surface area contributed by atoms with Gasteiger partial charge in [-0.1, -0.05) is 29.8 Å². The SMILES string of the molecule is Cc1onc(NC(=O)N2CCC(=Cc3ccc(F)c(F)c3)C(C)C2)c1C. The van der Waals surface area contributed by atoms with Crippen LogP contribution in [0.2, 0.25) is 0 Å². The highest BCUT2D eigenvalue weighted by Crippen LogP contribution is 2.26. The van der Waals surface area contributed by atoms with Gasteiger partial charge in [-0.15, -0.1) is 0 Å². The number of carbonyl (C=O) groups excluding carboxylic acids is 1. The number of rotatable bonds is 2. The number of nitrogens with zero attached hydrogens (tertiary/aromatic N) is 2. The summed E-state index contributed by atoms with van der Waals surface area (Å²) in [6.45, 7) is 6.72. The second kappa shape index (κ2) is 7.27. The van der Waals surface area contributed by atoms with Crippen molar-refractivity contribution in [1.82, 2.24) is 10.1 Å². The molecule has 0 radical (unpaired) electrons. The third kappa shape index (κ3) is 3.76. The van der Waals surface area contributed by atoms with Gasteiger partial charge in [-0.05, 0) is 43.9 Å². The van der Waals surface area contributed by atoms with Crippen LogP contribution in [0.25, 0.3) is 6.08 Å². The van der Waals surface area contributed by atoms with Crippen LogP contribution in [0.5, 0.6) is 0 Å². The Kier molecular flexibility index (Phi) is 5.06. The lowest BCUT2D eigenvalue weighted by Crippen LogP contribution is -2.42. The first-order valence-corrected chi connectivity index (χ1v) is 8.49. The van der Waals surface area contributed by atoms with Gasteiger partial charge >= 0.3 is 6.03 Å². The van der Waals surface area contributed by atoms with Crippen LogP contribution in [0.3, 0.4) is 0 Å². The van der Waals surface area contributed by atoms with Crippen molar-refractivity contribution >= 4 is 17.9 Å². The molecule has 138 valence electrons. The molecule has 1 aromatic heterocycles. The van der Waals surface area contributed by atoms with Gasteiger partial charge in [0.05, 0.1) is 0 Å². The Morgan fingerprint density at radius 3 is 2.73 bits per heavy atom. The van der Waals surface area contributed by atoms with Crippen LogP contribution in [0, 0.1) is 31.4 Å². The van der Waals surface area contributed by atoms with Gasteiger partial charge in [-0.25, -0.2) is 13.6 Å². The summed E-state index contributed by atoms with van der Waals surface area (Å²) in [6.07, 6.45) is 2.54. The van der Waals surface area contributed by atoms with Crippen LogP contribution < -0.4 is 5.32 Å². The predicted octanol–water partition coefficient (Wildman–Crippen LogP) is 4.53. The van der Waals surface area contributed by atoms with Crippen LogP contribution in [-0.2, 0) is 0 Å². The number of hydrogen-bond acceptors (Lipinski definition) is 3. The average molecular weight is 361 g/mol. The predicted molar refractivity (Wildman–Crippen MR) is 94.7 cm³/mol. The van der Waals surface area contributed by atoms with Crippen molar-refractivity contribution in [2.24, 2.45) is 5.92 Å². The van der Waals surface area contributed by atoms with E-state index in [-0.39, 0.29) is 11.9 Å². The molecule has 1 saturated heterocycles. The molecule has 1 aliphatic rings. The number of aryl methyl sites for hydroxylation is 1. The maximum Gasteiger partial charge on any atom is 0.323 e. The number of halogens is 2. The molecule has 1 atom stereocenters. The fourth-order valence-electron chi connectivity index (χ4n) is 2.98. The summed E-state index contributed by atoms with van der Waals surface area (Å²) in [7, 11) is 0. The van der Waals surface area contributed by atoms with Crippen LogP contribution in [-0.4, -0.2) is 29.2 Å². The molecule has 7 heteroatoms. The standard InChI is InChI=1S/C19H21F2N3O2/c1-11-10-24(19(25)22-18-12(2)13(3)26-23-18)7-6-15(11)8-14-4-5-16(20)17(21)9-14/h4-5,8-9,11H,6-7,10H2,1-3H3,(H,22,23,25). The topological polar surface area (TPSA) is 58.4 Å². The van der Waals surface area contributed by atoms with Gasteiger partial charge in [0.25, 0.3) is 0 Å². The summed E-state index contributed by atoms with van der Waals surface area (Å²) >= 11 is 0. The van der Waals surface area contributed by atoms with Crippen molar-refractivity contribution in [3.8, 4) is 0 Å². The fraction of sp³-hybridized carbons (Fsp3) is 0.368. The summed E-state index contributed by atoms with van der Waals surface area (Å²) in [5.41, 5.74) is 2.54. The molecule has 26 heavy (non-hydrogen) atoms. The van der Waals surface area contributed by atoms with E-state index in [0.717, 1.165) is 17.2 Å². The first kappa shape index (κ1) is 18.1. The number of piperidine rings is 1. The number of hydrogen-bond donors (Lipinski definition) is 1. The first-order chi connectivity index (χ1) is 12.3. The molecule has 2 aromatic rings. The van der Waals surface area contributed by atoms with Gasteiger partial charge in [-0.3, -0.25) is 5.32 Å². The minimum atomic E-state index is -0.859. The number of nitrogens with one attached hydrogen (secondary N) is 1. The van der Waals surface area contributed by atoms with E-state index in [2.05, 4.69) is 10.5 Å². The highest BCUT2D eigenvalue weighted by Gasteiger charge is 2.25. The fourth-order valence-corrected chi connectivity index (χ4v) is 2.98. The number of aromatic nitrogens is 1. The van der Waals surface area contributed by atoms with Gasteiger partial charge in [0.15, 0.2) is 17.5 Å². The Morgan fingerprint density at radius 1 is 1.35 bits per heavy atom. The zero-order valence-electron chi connectivity index (χ0n) is 15.0. The summed E-state index contributed by atoms with van der Waals surface area (Å²) in [5.74, 6) is -0.498. The van der Waals surface area contributed by atoms with E-state index in [1.54, 1.807) is 17.9 Å². The van der Waals surface area contributed by atoms with Gasteiger partial charge in [0, 0.05) is 18.7 Å². The van der Waals surface area contributed by atoms with Crippen molar-refractivity contribution in [2.45, 2.75) is 27.2 Å². The highest BCUT2D eigenvalue weighted by molar-refractivity contribution is 5.89. The monoisotopic (exact) mass is 361 g/mol. The normalized spacial score (nSPS) is 19.0. The van der Waals surface area contributed by atoms with E-state index < -0.39 is 11.6 Å². The van der Waals surface area contributed by atoms with E-state index >= 15 is 0 Å². The number of likely N-dealkylation sites (tertiary alicyclic amines) is 1. The second-order valence-corrected chi connectivity index (χ2v) is 6.63. The number of benzene rings is 1. The lowest BCUT2D eigenvalue weighted by molar-refractivity contribution is 0.197. The largest absolute Gasteiger partial charge is 0.359 e. The molecule has 0 aliphatic carbocycles. The van der Waals surface area contributed by atoms with Crippen molar-refractivity contribution in [1.29, 1.82) is 0 Å². The van der Waals surface area contributed by atoms with Gasteiger partial charge in [0.1, 0.15) is 5.76 Å². The Bertz CT molecular complexity index is 860. The van der Waals surface area contributed by atoms with Crippen LogP contribution >= 0.6 is 0 Å². The van der Waals surface area contributed by atoms with Crippen LogP contribution in [0.15, 0.2) is 28.3 Å². The second-order valence-electron chi connectivity index (χ2n) is 6.63. The summed E-state index contributed by atoms with van der Waals surface area (Å²) < 4.78 is 31.5. The molecule has 0 bridgehead atoms. The number of amides is 2. The van der Waals surface area contributed by atoms with E-state index in [4.69, 9.17) is 4.52 Å². The van der Waals surface area contributed by atoms with Crippen LogP contribution in [0.4, 0.5) is 19.4 Å². The molecule has 1 fully saturated rings.